The fourth-order valence-corrected chi connectivity index (χ4v) is 2.71. The lowest BCUT2D eigenvalue weighted by molar-refractivity contribution is 0.0785. The van der Waals surface area contributed by atoms with Gasteiger partial charge in [0.2, 0.25) is 0 Å². The third kappa shape index (κ3) is 2.50. The molecule has 1 aromatic rings. The molecule has 1 saturated heterocycles. The highest BCUT2D eigenvalue weighted by Gasteiger charge is 2.30. The van der Waals surface area contributed by atoms with Crippen molar-refractivity contribution in [2.75, 3.05) is 13.1 Å². The van der Waals surface area contributed by atoms with E-state index in [4.69, 9.17) is 11.6 Å². The van der Waals surface area contributed by atoms with Crippen LogP contribution < -0.4 is 0 Å². The fourth-order valence-electron chi connectivity index (χ4n) is 2.13. The maximum absolute atomic E-state index is 12.3. The van der Waals surface area contributed by atoms with E-state index in [1.807, 2.05) is 17.0 Å². The van der Waals surface area contributed by atoms with E-state index in [2.05, 4.69) is 29.8 Å². The maximum Gasteiger partial charge on any atom is 0.255 e. The van der Waals surface area contributed by atoms with Gasteiger partial charge in [0.15, 0.2) is 0 Å². The third-order valence-electron chi connectivity index (χ3n) is 3.46. The van der Waals surface area contributed by atoms with Crippen LogP contribution in [0.15, 0.2) is 22.7 Å². The second-order valence-electron chi connectivity index (χ2n) is 4.77. The summed E-state index contributed by atoms with van der Waals surface area (Å²) < 4.78 is 0.769. The summed E-state index contributed by atoms with van der Waals surface area (Å²) in [5.41, 5.74) is 0.586. The predicted octanol–water partition coefficient (Wildman–Crippen LogP) is 3.83. The van der Waals surface area contributed by atoms with Gasteiger partial charge in [0.05, 0.1) is 10.6 Å². The first-order chi connectivity index (χ1) is 8.00. The van der Waals surface area contributed by atoms with E-state index in [0.717, 1.165) is 17.6 Å². The molecular formula is C13H15BrClNO. The van der Waals surface area contributed by atoms with Crippen LogP contribution in [0, 0.1) is 11.8 Å². The van der Waals surface area contributed by atoms with E-state index in [1.54, 1.807) is 6.07 Å². The van der Waals surface area contributed by atoms with Crippen molar-refractivity contribution in [1.82, 2.24) is 4.90 Å². The van der Waals surface area contributed by atoms with Crippen LogP contribution in [-0.2, 0) is 0 Å². The van der Waals surface area contributed by atoms with Crippen molar-refractivity contribution in [3.05, 3.63) is 33.3 Å². The third-order valence-corrected chi connectivity index (χ3v) is 4.75. The van der Waals surface area contributed by atoms with Crippen molar-refractivity contribution in [3.63, 3.8) is 0 Å². The highest BCUT2D eigenvalue weighted by molar-refractivity contribution is 9.10. The van der Waals surface area contributed by atoms with Gasteiger partial charge in [-0.1, -0.05) is 31.5 Å². The van der Waals surface area contributed by atoms with Crippen LogP contribution in [0.1, 0.15) is 24.2 Å². The van der Waals surface area contributed by atoms with Crippen LogP contribution in [-0.4, -0.2) is 23.9 Å². The first-order valence-corrected chi connectivity index (χ1v) is 6.91. The Bertz CT molecular complexity index is 439. The summed E-state index contributed by atoms with van der Waals surface area (Å²) in [4.78, 5) is 14.2. The molecule has 1 heterocycles. The van der Waals surface area contributed by atoms with Crippen LogP contribution in [0.5, 0.6) is 0 Å². The second kappa shape index (κ2) is 4.99. The monoisotopic (exact) mass is 315 g/mol. The van der Waals surface area contributed by atoms with Gasteiger partial charge in [0.1, 0.15) is 0 Å². The van der Waals surface area contributed by atoms with Gasteiger partial charge in [-0.15, -0.1) is 0 Å². The topological polar surface area (TPSA) is 20.3 Å². The number of halogens is 2. The Kier molecular flexibility index (Phi) is 3.79. The Morgan fingerprint density at radius 1 is 1.35 bits per heavy atom. The predicted molar refractivity (Wildman–Crippen MR) is 73.4 cm³/mol. The highest BCUT2D eigenvalue weighted by Crippen LogP contribution is 2.29. The molecule has 0 radical (unpaired) electrons. The number of likely N-dealkylation sites (tertiary alicyclic amines) is 1. The van der Waals surface area contributed by atoms with Gasteiger partial charge in [0, 0.05) is 17.6 Å². The van der Waals surface area contributed by atoms with Gasteiger partial charge in [-0.3, -0.25) is 4.79 Å². The number of hydrogen-bond donors (Lipinski definition) is 0. The molecule has 2 rings (SSSR count). The van der Waals surface area contributed by atoms with Crippen LogP contribution in [0.25, 0.3) is 0 Å². The Morgan fingerprint density at radius 3 is 2.53 bits per heavy atom. The average Bonchev–Trinajstić information content (AvgIpc) is 2.62. The molecule has 0 aliphatic carbocycles. The van der Waals surface area contributed by atoms with E-state index in [9.17, 15) is 4.79 Å². The summed E-state index contributed by atoms with van der Waals surface area (Å²) in [6, 6.07) is 5.46. The molecule has 0 spiro atoms. The molecule has 1 aliphatic heterocycles. The van der Waals surface area contributed by atoms with Crippen LogP contribution >= 0.6 is 27.5 Å². The molecule has 2 nitrogen and oxygen atoms in total. The van der Waals surface area contributed by atoms with Crippen molar-refractivity contribution < 1.29 is 4.79 Å². The van der Waals surface area contributed by atoms with Crippen molar-refractivity contribution in [3.8, 4) is 0 Å². The molecule has 1 fully saturated rings. The average molecular weight is 317 g/mol. The second-order valence-corrected chi connectivity index (χ2v) is 6.00. The van der Waals surface area contributed by atoms with Gasteiger partial charge in [0.25, 0.3) is 5.91 Å². The van der Waals surface area contributed by atoms with Gasteiger partial charge in [-0.2, -0.15) is 0 Å². The standard InChI is InChI=1S/C13H15BrClNO/c1-8-6-16(7-9(8)2)13(17)10-4-3-5-11(14)12(10)15/h3-5,8-9H,6-7H2,1-2H3. The normalized spacial score (nSPS) is 24.1. The first-order valence-electron chi connectivity index (χ1n) is 5.74. The van der Waals surface area contributed by atoms with Gasteiger partial charge < -0.3 is 4.90 Å². The molecule has 17 heavy (non-hydrogen) atoms. The summed E-state index contributed by atoms with van der Waals surface area (Å²) in [6.07, 6.45) is 0. The Balaban J connectivity index is 2.24. The minimum absolute atomic E-state index is 0.0347. The van der Waals surface area contributed by atoms with E-state index in [-0.39, 0.29) is 5.91 Å². The van der Waals surface area contributed by atoms with Crippen LogP contribution in [0.3, 0.4) is 0 Å². The summed E-state index contributed by atoms with van der Waals surface area (Å²) in [7, 11) is 0. The zero-order valence-corrected chi connectivity index (χ0v) is 12.3. The molecule has 4 heteroatoms. The van der Waals surface area contributed by atoms with E-state index in [1.165, 1.54) is 0 Å². The van der Waals surface area contributed by atoms with E-state index >= 15 is 0 Å². The Labute approximate surface area is 115 Å². The molecule has 1 amide bonds. The fraction of sp³-hybridized carbons (Fsp3) is 0.462. The number of benzene rings is 1. The highest BCUT2D eigenvalue weighted by atomic mass is 79.9. The first kappa shape index (κ1) is 12.9. The molecule has 0 bridgehead atoms. The lowest BCUT2D eigenvalue weighted by atomic mass is 10.0. The number of nitrogens with zero attached hydrogens (tertiary/aromatic N) is 1. The molecule has 2 unspecified atom stereocenters. The smallest absolute Gasteiger partial charge is 0.255 e. The molecule has 92 valence electrons. The summed E-state index contributed by atoms with van der Waals surface area (Å²) in [5.74, 6) is 1.15. The summed E-state index contributed by atoms with van der Waals surface area (Å²) in [6.45, 7) is 6.01. The number of rotatable bonds is 1. The number of hydrogen-bond acceptors (Lipinski definition) is 1. The quantitative estimate of drug-likeness (QED) is 0.771. The van der Waals surface area contributed by atoms with Gasteiger partial charge >= 0.3 is 0 Å². The molecule has 1 aliphatic rings. The zero-order chi connectivity index (χ0) is 12.6. The number of carbonyl (C=O) groups excluding carboxylic acids is 1. The summed E-state index contributed by atoms with van der Waals surface area (Å²) in [5, 5.41) is 0.504. The van der Waals surface area contributed by atoms with Crippen molar-refractivity contribution >= 4 is 33.4 Å². The molecule has 0 N–H and O–H groups in total. The van der Waals surface area contributed by atoms with Gasteiger partial charge in [-0.05, 0) is 39.9 Å². The largest absolute Gasteiger partial charge is 0.338 e. The minimum Gasteiger partial charge on any atom is -0.338 e. The maximum atomic E-state index is 12.3. The lowest BCUT2D eigenvalue weighted by Crippen LogP contribution is -2.29. The van der Waals surface area contributed by atoms with Gasteiger partial charge in [-0.25, -0.2) is 0 Å². The SMILES string of the molecule is CC1CN(C(=O)c2cccc(Br)c2Cl)CC1C. The molecule has 2 atom stereocenters. The minimum atomic E-state index is 0.0347. The number of carbonyl (C=O) groups is 1. The zero-order valence-electron chi connectivity index (χ0n) is 9.91. The number of amides is 1. The molecule has 1 aromatic carbocycles. The Hall–Kier alpha value is -0.540. The van der Waals surface area contributed by atoms with Crippen molar-refractivity contribution in [2.24, 2.45) is 11.8 Å². The van der Waals surface area contributed by atoms with Crippen molar-refractivity contribution in [1.29, 1.82) is 0 Å². The van der Waals surface area contributed by atoms with Crippen LogP contribution in [0.2, 0.25) is 5.02 Å². The van der Waals surface area contributed by atoms with Crippen molar-refractivity contribution in [2.45, 2.75) is 13.8 Å². The van der Waals surface area contributed by atoms with E-state index in [0.29, 0.717) is 22.4 Å². The van der Waals surface area contributed by atoms with Crippen LogP contribution in [0.4, 0.5) is 0 Å². The molecule has 0 saturated carbocycles. The van der Waals surface area contributed by atoms with E-state index < -0.39 is 0 Å². The lowest BCUT2D eigenvalue weighted by Gasteiger charge is -2.17. The summed E-state index contributed by atoms with van der Waals surface area (Å²) >= 11 is 9.49. The Morgan fingerprint density at radius 2 is 1.94 bits per heavy atom. The molecular weight excluding hydrogens is 302 g/mol. The molecule has 0 aromatic heterocycles.